The first-order valence-electron chi connectivity index (χ1n) is 6.42. The summed E-state index contributed by atoms with van der Waals surface area (Å²) in [6.45, 7) is 2.70. The van der Waals surface area contributed by atoms with Crippen molar-refractivity contribution < 1.29 is 0 Å². The molecular formula is C14H18IN3S2. The predicted molar refractivity (Wildman–Crippen MR) is 101 cm³/mol. The average Bonchev–Trinajstić information content (AvgIpc) is 2.93. The van der Waals surface area contributed by atoms with E-state index in [-0.39, 0.29) is 24.0 Å². The lowest BCUT2D eigenvalue weighted by molar-refractivity contribution is 0.455. The Bertz CT molecular complexity index is 591. The number of fused-ring (bicyclic) bond motifs is 1. The molecule has 6 heteroatoms. The quantitative estimate of drug-likeness (QED) is 0.461. The lowest BCUT2D eigenvalue weighted by Gasteiger charge is -2.27. The topological polar surface area (TPSA) is 41.6 Å². The van der Waals surface area contributed by atoms with Gasteiger partial charge in [0.15, 0.2) is 5.96 Å². The fourth-order valence-corrected chi connectivity index (χ4v) is 3.85. The van der Waals surface area contributed by atoms with Crippen LogP contribution >= 0.6 is 47.1 Å². The molecule has 0 spiro atoms. The average molecular weight is 419 g/mol. The van der Waals surface area contributed by atoms with Crippen LogP contribution in [-0.4, -0.2) is 35.5 Å². The molecule has 1 aromatic heterocycles. The van der Waals surface area contributed by atoms with Gasteiger partial charge in [-0.1, -0.05) is 6.07 Å². The fraction of sp³-hybridized carbons (Fsp3) is 0.357. The van der Waals surface area contributed by atoms with Crippen LogP contribution < -0.4 is 5.73 Å². The second-order valence-corrected chi connectivity index (χ2v) is 6.74. The molecule has 3 nitrogen and oxygen atoms in total. The molecule has 2 N–H and O–H groups in total. The summed E-state index contributed by atoms with van der Waals surface area (Å²) in [6.07, 6.45) is 0. The zero-order chi connectivity index (χ0) is 13.1. The normalized spacial score (nSPS) is 16.2. The van der Waals surface area contributed by atoms with Gasteiger partial charge in [0.25, 0.3) is 0 Å². The van der Waals surface area contributed by atoms with E-state index >= 15 is 0 Å². The minimum Gasteiger partial charge on any atom is -0.370 e. The molecular weight excluding hydrogens is 401 g/mol. The molecule has 20 heavy (non-hydrogen) atoms. The first-order valence-corrected chi connectivity index (χ1v) is 8.45. The lowest BCUT2D eigenvalue weighted by Crippen LogP contribution is -2.42. The number of rotatable bonds is 2. The Morgan fingerprint density at radius 3 is 2.85 bits per heavy atom. The number of guanidine groups is 1. The largest absolute Gasteiger partial charge is 0.370 e. The van der Waals surface area contributed by atoms with Gasteiger partial charge < -0.3 is 10.6 Å². The van der Waals surface area contributed by atoms with E-state index in [1.165, 1.54) is 15.6 Å². The third-order valence-electron chi connectivity index (χ3n) is 3.28. The van der Waals surface area contributed by atoms with Crippen molar-refractivity contribution in [2.24, 2.45) is 10.7 Å². The number of thiophene rings is 1. The van der Waals surface area contributed by atoms with E-state index in [4.69, 9.17) is 5.73 Å². The van der Waals surface area contributed by atoms with E-state index in [0.717, 1.165) is 24.6 Å². The summed E-state index contributed by atoms with van der Waals surface area (Å²) in [4.78, 5) is 6.70. The Morgan fingerprint density at radius 1 is 1.25 bits per heavy atom. The number of hydrogen-bond donors (Lipinski definition) is 1. The van der Waals surface area contributed by atoms with Crippen LogP contribution in [0.25, 0.3) is 10.1 Å². The number of halogens is 1. The lowest BCUT2D eigenvalue weighted by atomic mass is 10.2. The first-order chi connectivity index (χ1) is 9.33. The highest BCUT2D eigenvalue weighted by atomic mass is 127. The maximum absolute atomic E-state index is 6.06. The van der Waals surface area contributed by atoms with Crippen LogP contribution in [0.3, 0.4) is 0 Å². The standard InChI is InChI=1S/C14H17N3S2.HI/c15-14(17-4-7-18-8-5-17)16-10-11-1-2-13-12(9-11)3-6-19-13;/h1-3,6,9H,4-5,7-8,10H2,(H2,15,16);1H. The fourth-order valence-electron chi connectivity index (χ4n) is 2.18. The number of benzene rings is 1. The van der Waals surface area contributed by atoms with E-state index in [0.29, 0.717) is 12.5 Å². The van der Waals surface area contributed by atoms with Crippen LogP contribution in [0.4, 0.5) is 0 Å². The minimum atomic E-state index is 0. The van der Waals surface area contributed by atoms with E-state index in [1.807, 2.05) is 11.8 Å². The molecule has 2 heterocycles. The van der Waals surface area contributed by atoms with Crippen LogP contribution in [-0.2, 0) is 6.54 Å². The van der Waals surface area contributed by atoms with Gasteiger partial charge in [0, 0.05) is 29.3 Å². The molecule has 1 aliphatic heterocycles. The van der Waals surface area contributed by atoms with Crippen LogP contribution in [0.15, 0.2) is 34.6 Å². The third kappa shape index (κ3) is 3.79. The second-order valence-electron chi connectivity index (χ2n) is 4.57. The van der Waals surface area contributed by atoms with Gasteiger partial charge in [-0.25, -0.2) is 4.99 Å². The molecule has 0 bridgehead atoms. The SMILES string of the molecule is I.NC(=NCc1ccc2sccc2c1)N1CCSCC1. The van der Waals surface area contributed by atoms with Crippen LogP contribution in [0.1, 0.15) is 5.56 Å². The van der Waals surface area contributed by atoms with Gasteiger partial charge >= 0.3 is 0 Å². The molecule has 0 unspecified atom stereocenters. The van der Waals surface area contributed by atoms with Gasteiger partial charge in [0.2, 0.25) is 0 Å². The van der Waals surface area contributed by atoms with E-state index < -0.39 is 0 Å². The maximum atomic E-state index is 6.06. The zero-order valence-corrected chi connectivity index (χ0v) is 15.1. The summed E-state index contributed by atoms with van der Waals surface area (Å²) >= 11 is 3.75. The van der Waals surface area contributed by atoms with Crippen LogP contribution in [0, 0.1) is 0 Å². The third-order valence-corrected chi connectivity index (χ3v) is 5.12. The molecule has 0 aliphatic carbocycles. The molecule has 108 valence electrons. The van der Waals surface area contributed by atoms with Crippen molar-refractivity contribution in [3.63, 3.8) is 0 Å². The molecule has 0 amide bonds. The molecule has 0 saturated carbocycles. The van der Waals surface area contributed by atoms with Crippen molar-refractivity contribution in [1.29, 1.82) is 0 Å². The van der Waals surface area contributed by atoms with Crippen molar-refractivity contribution in [3.05, 3.63) is 35.2 Å². The van der Waals surface area contributed by atoms with Gasteiger partial charge in [-0.05, 0) is 34.5 Å². The summed E-state index contributed by atoms with van der Waals surface area (Å²) in [5.74, 6) is 2.99. The van der Waals surface area contributed by atoms with Gasteiger partial charge in [0.05, 0.1) is 6.54 Å². The van der Waals surface area contributed by atoms with Crippen molar-refractivity contribution >= 4 is 63.1 Å². The smallest absolute Gasteiger partial charge is 0.191 e. The Hall–Kier alpha value is -0.470. The van der Waals surface area contributed by atoms with Gasteiger partial charge in [-0.2, -0.15) is 11.8 Å². The molecule has 1 saturated heterocycles. The predicted octanol–water partition coefficient (Wildman–Crippen LogP) is 3.38. The summed E-state index contributed by atoms with van der Waals surface area (Å²) < 4.78 is 1.33. The first kappa shape index (κ1) is 15.9. The Morgan fingerprint density at radius 2 is 2.05 bits per heavy atom. The van der Waals surface area contributed by atoms with Crippen LogP contribution in [0.2, 0.25) is 0 Å². The Kier molecular flexibility index (Phi) is 5.98. The highest BCUT2D eigenvalue weighted by Gasteiger charge is 2.11. The summed E-state index contributed by atoms with van der Waals surface area (Å²) in [5, 5.41) is 3.42. The monoisotopic (exact) mass is 419 g/mol. The molecule has 0 radical (unpaired) electrons. The molecule has 0 atom stereocenters. The number of aliphatic imine (C=N–C) groups is 1. The van der Waals surface area contributed by atoms with Crippen molar-refractivity contribution in [3.8, 4) is 0 Å². The second kappa shape index (κ2) is 7.51. The maximum Gasteiger partial charge on any atom is 0.191 e. The molecule has 1 fully saturated rings. The number of hydrogen-bond acceptors (Lipinski definition) is 3. The molecule has 1 aliphatic rings. The van der Waals surface area contributed by atoms with E-state index in [2.05, 4.69) is 39.5 Å². The summed E-state index contributed by atoms with van der Waals surface area (Å²) in [5.41, 5.74) is 7.28. The van der Waals surface area contributed by atoms with Crippen molar-refractivity contribution in [1.82, 2.24) is 4.90 Å². The van der Waals surface area contributed by atoms with E-state index in [1.54, 1.807) is 11.3 Å². The van der Waals surface area contributed by atoms with Crippen LogP contribution in [0.5, 0.6) is 0 Å². The Labute approximate surface area is 144 Å². The van der Waals surface area contributed by atoms with Gasteiger partial charge in [-0.3, -0.25) is 0 Å². The number of nitrogens with two attached hydrogens (primary N) is 1. The number of nitrogens with zero attached hydrogens (tertiary/aromatic N) is 2. The number of thioether (sulfide) groups is 1. The van der Waals surface area contributed by atoms with E-state index in [9.17, 15) is 0 Å². The Balaban J connectivity index is 0.00000147. The van der Waals surface area contributed by atoms with Crippen molar-refractivity contribution in [2.75, 3.05) is 24.6 Å². The highest BCUT2D eigenvalue weighted by Crippen LogP contribution is 2.22. The van der Waals surface area contributed by atoms with Crippen molar-refractivity contribution in [2.45, 2.75) is 6.54 Å². The zero-order valence-electron chi connectivity index (χ0n) is 11.1. The molecule has 1 aromatic carbocycles. The molecule has 2 aromatic rings. The molecule has 3 rings (SSSR count). The minimum absolute atomic E-state index is 0. The summed E-state index contributed by atoms with van der Waals surface area (Å²) in [7, 11) is 0. The van der Waals surface area contributed by atoms with Gasteiger partial charge in [0.1, 0.15) is 0 Å². The summed E-state index contributed by atoms with van der Waals surface area (Å²) in [6, 6.07) is 8.66. The highest BCUT2D eigenvalue weighted by molar-refractivity contribution is 14.0. The van der Waals surface area contributed by atoms with Gasteiger partial charge in [-0.15, -0.1) is 35.3 Å².